The lowest BCUT2D eigenvalue weighted by atomic mass is 10.1. The Morgan fingerprint density at radius 1 is 1.21 bits per heavy atom. The van der Waals surface area contributed by atoms with Gasteiger partial charge in [-0.15, -0.1) is 0 Å². The fourth-order valence-electron chi connectivity index (χ4n) is 2.63. The van der Waals surface area contributed by atoms with Crippen molar-refractivity contribution in [3.05, 3.63) is 36.0 Å². The molecule has 19 heavy (non-hydrogen) atoms. The van der Waals surface area contributed by atoms with Gasteiger partial charge >= 0.3 is 5.97 Å². The van der Waals surface area contributed by atoms with Gasteiger partial charge < -0.3 is 9.64 Å². The maximum atomic E-state index is 11.8. The quantitative estimate of drug-likeness (QED) is 0.775. The molecular weight excluding hydrogens is 240 g/mol. The molecule has 0 saturated carbocycles. The lowest BCUT2D eigenvalue weighted by molar-refractivity contribution is 0.0602. The van der Waals surface area contributed by atoms with Crippen LogP contribution in [0.4, 0.5) is 5.82 Å². The summed E-state index contributed by atoms with van der Waals surface area (Å²) in [7, 11) is 1.39. The number of anilines is 1. The smallest absolute Gasteiger partial charge is 0.340 e. The van der Waals surface area contributed by atoms with E-state index in [1.165, 1.54) is 20.0 Å². The number of nitrogens with zero attached hydrogens (tertiary/aromatic N) is 2. The Kier molecular flexibility index (Phi) is 3.07. The van der Waals surface area contributed by atoms with Crippen LogP contribution >= 0.6 is 0 Å². The third-order valence-electron chi connectivity index (χ3n) is 3.58. The first-order valence-corrected chi connectivity index (χ1v) is 6.52. The predicted molar refractivity (Wildman–Crippen MR) is 74.5 cm³/mol. The summed E-state index contributed by atoms with van der Waals surface area (Å²) in [5.74, 6) is 0.637. The standard InChI is InChI=1S/C15H16N2O2/c1-19-15(18)13-10-16-14(17-8-4-5-9-17)12-7-3-2-6-11(12)13/h2-3,6-7,10H,4-5,8-9H2,1H3. The maximum Gasteiger partial charge on any atom is 0.340 e. The molecule has 1 aromatic carbocycles. The Hall–Kier alpha value is -2.10. The third-order valence-corrected chi connectivity index (χ3v) is 3.58. The van der Waals surface area contributed by atoms with Crippen LogP contribution in [0.5, 0.6) is 0 Å². The minimum Gasteiger partial charge on any atom is -0.465 e. The first kappa shape index (κ1) is 12.0. The van der Waals surface area contributed by atoms with Crippen LogP contribution < -0.4 is 4.90 Å². The summed E-state index contributed by atoms with van der Waals surface area (Å²) in [5, 5.41) is 1.93. The molecule has 0 bridgehead atoms. The monoisotopic (exact) mass is 256 g/mol. The second-order valence-electron chi connectivity index (χ2n) is 4.73. The highest BCUT2D eigenvalue weighted by Crippen LogP contribution is 2.29. The number of fused-ring (bicyclic) bond motifs is 1. The van der Waals surface area contributed by atoms with E-state index in [9.17, 15) is 4.79 Å². The van der Waals surface area contributed by atoms with Crippen LogP contribution in [0.15, 0.2) is 30.5 Å². The first-order chi connectivity index (χ1) is 9.31. The second kappa shape index (κ2) is 4.88. The van der Waals surface area contributed by atoms with Crippen molar-refractivity contribution in [2.24, 2.45) is 0 Å². The van der Waals surface area contributed by atoms with Crippen LogP contribution in [0.2, 0.25) is 0 Å². The van der Waals surface area contributed by atoms with E-state index < -0.39 is 0 Å². The van der Waals surface area contributed by atoms with E-state index in [1.54, 1.807) is 6.20 Å². The molecule has 1 aromatic heterocycles. The topological polar surface area (TPSA) is 42.4 Å². The van der Waals surface area contributed by atoms with E-state index >= 15 is 0 Å². The lowest BCUT2D eigenvalue weighted by Crippen LogP contribution is -2.19. The second-order valence-corrected chi connectivity index (χ2v) is 4.73. The zero-order chi connectivity index (χ0) is 13.2. The van der Waals surface area contributed by atoms with E-state index in [4.69, 9.17) is 4.74 Å². The number of benzene rings is 1. The molecule has 1 fully saturated rings. The molecule has 2 heterocycles. The van der Waals surface area contributed by atoms with E-state index in [-0.39, 0.29) is 5.97 Å². The summed E-state index contributed by atoms with van der Waals surface area (Å²) in [6.45, 7) is 2.07. The number of esters is 1. The van der Waals surface area contributed by atoms with Gasteiger partial charge in [0.15, 0.2) is 0 Å². The molecule has 2 aromatic rings. The van der Waals surface area contributed by atoms with Crippen molar-refractivity contribution < 1.29 is 9.53 Å². The van der Waals surface area contributed by atoms with Crippen LogP contribution in [0.25, 0.3) is 10.8 Å². The van der Waals surface area contributed by atoms with Gasteiger partial charge in [0, 0.05) is 30.1 Å². The van der Waals surface area contributed by atoms with Crippen molar-refractivity contribution >= 4 is 22.6 Å². The highest BCUT2D eigenvalue weighted by molar-refractivity contribution is 6.07. The van der Waals surface area contributed by atoms with Crippen LogP contribution in [0.3, 0.4) is 0 Å². The molecular formula is C15H16N2O2. The molecule has 1 saturated heterocycles. The minimum atomic E-state index is -0.336. The molecule has 0 N–H and O–H groups in total. The van der Waals surface area contributed by atoms with Gasteiger partial charge in [0.05, 0.1) is 12.7 Å². The molecule has 0 aliphatic carbocycles. The summed E-state index contributed by atoms with van der Waals surface area (Å²) >= 11 is 0. The number of rotatable bonds is 2. The molecule has 98 valence electrons. The minimum absolute atomic E-state index is 0.336. The van der Waals surface area contributed by atoms with Crippen molar-refractivity contribution in [1.82, 2.24) is 4.98 Å². The van der Waals surface area contributed by atoms with Gasteiger partial charge in [-0.2, -0.15) is 0 Å². The predicted octanol–water partition coefficient (Wildman–Crippen LogP) is 2.62. The number of hydrogen-bond donors (Lipinski definition) is 0. The number of aromatic nitrogens is 1. The number of hydrogen-bond acceptors (Lipinski definition) is 4. The van der Waals surface area contributed by atoms with Gasteiger partial charge in [0.1, 0.15) is 5.82 Å². The number of ether oxygens (including phenoxy) is 1. The van der Waals surface area contributed by atoms with Gasteiger partial charge in [0.25, 0.3) is 0 Å². The Bertz CT molecular complexity index is 619. The molecule has 3 rings (SSSR count). The fourth-order valence-corrected chi connectivity index (χ4v) is 2.63. The molecule has 0 atom stereocenters. The molecule has 1 aliphatic heterocycles. The van der Waals surface area contributed by atoms with Crippen LogP contribution in [0, 0.1) is 0 Å². The van der Waals surface area contributed by atoms with Gasteiger partial charge in [0.2, 0.25) is 0 Å². The zero-order valence-corrected chi connectivity index (χ0v) is 10.9. The Balaban J connectivity index is 2.18. The van der Waals surface area contributed by atoms with Crippen LogP contribution in [0.1, 0.15) is 23.2 Å². The first-order valence-electron chi connectivity index (χ1n) is 6.52. The Morgan fingerprint density at radius 3 is 2.58 bits per heavy atom. The zero-order valence-electron chi connectivity index (χ0n) is 10.9. The van der Waals surface area contributed by atoms with E-state index in [0.29, 0.717) is 5.56 Å². The van der Waals surface area contributed by atoms with E-state index in [1.807, 2.05) is 24.3 Å². The fraction of sp³-hybridized carbons (Fsp3) is 0.333. The number of pyridine rings is 1. The van der Waals surface area contributed by atoms with Gasteiger partial charge in [-0.25, -0.2) is 9.78 Å². The van der Waals surface area contributed by atoms with Crippen molar-refractivity contribution in [3.63, 3.8) is 0 Å². The van der Waals surface area contributed by atoms with Crippen molar-refractivity contribution in [2.75, 3.05) is 25.1 Å². The summed E-state index contributed by atoms with van der Waals surface area (Å²) < 4.78 is 4.82. The molecule has 4 nitrogen and oxygen atoms in total. The maximum absolute atomic E-state index is 11.8. The normalized spacial score (nSPS) is 14.9. The van der Waals surface area contributed by atoms with E-state index in [0.717, 1.165) is 29.7 Å². The van der Waals surface area contributed by atoms with Gasteiger partial charge in [-0.3, -0.25) is 0 Å². The number of carbonyl (C=O) groups is 1. The highest BCUT2D eigenvalue weighted by atomic mass is 16.5. The molecule has 0 amide bonds. The average Bonchev–Trinajstić information content (AvgIpc) is 2.99. The Labute approximate surface area is 112 Å². The average molecular weight is 256 g/mol. The highest BCUT2D eigenvalue weighted by Gasteiger charge is 2.19. The van der Waals surface area contributed by atoms with Gasteiger partial charge in [-0.1, -0.05) is 24.3 Å². The number of methoxy groups -OCH3 is 1. The van der Waals surface area contributed by atoms with E-state index in [2.05, 4.69) is 9.88 Å². The number of carbonyl (C=O) groups excluding carboxylic acids is 1. The van der Waals surface area contributed by atoms with Crippen molar-refractivity contribution in [2.45, 2.75) is 12.8 Å². The molecule has 0 radical (unpaired) electrons. The molecule has 0 unspecified atom stereocenters. The lowest BCUT2D eigenvalue weighted by Gasteiger charge is -2.19. The SMILES string of the molecule is COC(=O)c1cnc(N2CCCC2)c2ccccc12. The van der Waals surface area contributed by atoms with Crippen LogP contribution in [-0.4, -0.2) is 31.2 Å². The summed E-state index contributed by atoms with van der Waals surface area (Å²) in [5.41, 5.74) is 0.529. The van der Waals surface area contributed by atoms with Crippen molar-refractivity contribution in [1.29, 1.82) is 0 Å². The van der Waals surface area contributed by atoms with Crippen LogP contribution in [-0.2, 0) is 4.74 Å². The summed E-state index contributed by atoms with van der Waals surface area (Å²) in [6, 6.07) is 7.87. The molecule has 4 heteroatoms. The van der Waals surface area contributed by atoms with Gasteiger partial charge in [-0.05, 0) is 12.8 Å². The third kappa shape index (κ3) is 2.03. The summed E-state index contributed by atoms with van der Waals surface area (Å²) in [6.07, 6.45) is 4.03. The summed E-state index contributed by atoms with van der Waals surface area (Å²) in [4.78, 5) is 18.5. The van der Waals surface area contributed by atoms with Crippen molar-refractivity contribution in [3.8, 4) is 0 Å². The largest absolute Gasteiger partial charge is 0.465 e. The molecule has 0 spiro atoms. The molecule has 1 aliphatic rings. The Morgan fingerprint density at radius 2 is 1.89 bits per heavy atom.